The van der Waals surface area contributed by atoms with Crippen LogP contribution in [0.2, 0.25) is 0 Å². The van der Waals surface area contributed by atoms with Crippen LogP contribution in [0.1, 0.15) is 0 Å². The number of fused-ring (bicyclic) bond motifs is 1. The topological polar surface area (TPSA) is 64.1 Å². The highest BCUT2D eigenvalue weighted by molar-refractivity contribution is 5.97. The van der Waals surface area contributed by atoms with E-state index in [4.69, 9.17) is 10.2 Å². The van der Waals surface area contributed by atoms with E-state index in [9.17, 15) is 4.48 Å². The van der Waals surface area contributed by atoms with Crippen LogP contribution in [0.15, 0.2) is 22.9 Å². The molecule has 12 heavy (non-hydrogen) atoms. The first-order valence-corrected chi connectivity index (χ1v) is 3.31. The van der Waals surface area contributed by atoms with Crippen LogP contribution in [0.4, 0.5) is 16.0 Å². The van der Waals surface area contributed by atoms with Crippen LogP contribution < -0.4 is 11.3 Å². The Balaban J connectivity index is 2.84. The first-order chi connectivity index (χ1) is 5.83. The molecule has 0 fully saturated rings. The van der Waals surface area contributed by atoms with E-state index in [0.29, 0.717) is 16.7 Å². The summed E-state index contributed by atoms with van der Waals surface area (Å²) >= 11 is 0. The lowest BCUT2D eigenvalue weighted by atomic mass is 10.3. The van der Waals surface area contributed by atoms with E-state index in [1.54, 1.807) is 6.07 Å². The maximum absolute atomic E-state index is 12.1. The van der Waals surface area contributed by atoms with Gasteiger partial charge in [0.2, 0.25) is 0 Å². The van der Waals surface area contributed by atoms with Gasteiger partial charge in [0.15, 0.2) is 5.82 Å². The highest BCUT2D eigenvalue weighted by Gasteiger charge is 2.08. The van der Waals surface area contributed by atoms with Gasteiger partial charge in [0.05, 0.1) is 11.1 Å². The molecule has 0 unspecified atom stereocenters. The molecule has 4 nitrogen and oxygen atoms in total. The molecule has 0 radical (unpaired) electrons. The third kappa shape index (κ3) is 0.795. The summed E-state index contributed by atoms with van der Waals surface area (Å²) in [5, 5.41) is 0.472. The van der Waals surface area contributed by atoms with Crippen molar-refractivity contribution in [1.29, 1.82) is 0 Å². The van der Waals surface area contributed by atoms with Crippen LogP contribution in [0.3, 0.4) is 0 Å². The van der Waals surface area contributed by atoms with Crippen molar-refractivity contribution in [2.75, 3.05) is 11.3 Å². The van der Waals surface area contributed by atoms with Crippen molar-refractivity contribution < 1.29 is 8.90 Å². The Bertz CT molecular complexity index is 412. The molecule has 2 aromatic heterocycles. The number of rotatable bonds is 1. The van der Waals surface area contributed by atoms with E-state index in [2.05, 4.69) is 4.98 Å². The summed E-state index contributed by atoms with van der Waals surface area (Å²) in [6, 6.07) is 1.62. The smallest absolute Gasteiger partial charge is 0.167 e. The molecule has 3 N–H and O–H groups in total. The van der Waals surface area contributed by atoms with Gasteiger partial charge in [-0.25, -0.2) is 10.5 Å². The van der Waals surface area contributed by atoms with Gasteiger partial charge in [0.25, 0.3) is 0 Å². The van der Waals surface area contributed by atoms with E-state index in [0.717, 1.165) is 0 Å². The maximum Gasteiger partial charge on any atom is 0.167 e. The van der Waals surface area contributed by atoms with Gasteiger partial charge in [-0.15, -0.1) is 4.48 Å². The molecule has 0 aliphatic heterocycles. The number of halogens is 1. The van der Waals surface area contributed by atoms with Crippen LogP contribution in [0.5, 0.6) is 0 Å². The van der Waals surface area contributed by atoms with Crippen molar-refractivity contribution in [1.82, 2.24) is 4.98 Å². The number of nitrogens with one attached hydrogen (secondary N) is 1. The van der Waals surface area contributed by atoms with Crippen molar-refractivity contribution in [3.63, 3.8) is 0 Å². The maximum atomic E-state index is 12.1. The number of nitrogen functional groups attached to an aromatic ring is 1. The molecule has 0 bridgehead atoms. The fourth-order valence-corrected chi connectivity index (χ4v) is 1.08. The average Bonchev–Trinajstić information content (AvgIpc) is 2.48. The number of anilines is 2. The van der Waals surface area contributed by atoms with Gasteiger partial charge in [-0.3, -0.25) is 0 Å². The minimum absolute atomic E-state index is 0.0822. The van der Waals surface area contributed by atoms with Crippen molar-refractivity contribution in [2.45, 2.75) is 0 Å². The zero-order chi connectivity index (χ0) is 8.55. The molecule has 0 aliphatic carbocycles. The second kappa shape index (κ2) is 2.37. The molecule has 0 amide bonds. The third-order valence-electron chi connectivity index (χ3n) is 1.60. The number of hydrogen-bond donors (Lipinski definition) is 2. The van der Waals surface area contributed by atoms with E-state index in [1.165, 1.54) is 18.0 Å². The Morgan fingerprint density at radius 2 is 2.42 bits per heavy atom. The minimum atomic E-state index is 0.0822. The molecule has 0 saturated carbocycles. The van der Waals surface area contributed by atoms with Gasteiger partial charge >= 0.3 is 0 Å². The number of nitrogens with zero attached hydrogens (tertiary/aromatic N) is 1. The summed E-state index contributed by atoms with van der Waals surface area (Å²) in [4.78, 5) is 3.73. The summed E-state index contributed by atoms with van der Waals surface area (Å²) in [6.07, 6.45) is 2.79. The molecule has 0 aliphatic rings. The predicted octanol–water partition coefficient (Wildman–Crippen LogP) is 1.71. The molecule has 0 saturated heterocycles. The normalized spacial score (nSPS) is 10.4. The first kappa shape index (κ1) is 6.90. The van der Waals surface area contributed by atoms with Gasteiger partial charge in [-0.2, -0.15) is 0 Å². The molecule has 0 aromatic carbocycles. The zero-order valence-electron chi connectivity index (χ0n) is 6.04. The van der Waals surface area contributed by atoms with Crippen LogP contribution >= 0.6 is 0 Å². The van der Waals surface area contributed by atoms with Crippen molar-refractivity contribution in [2.24, 2.45) is 0 Å². The molecule has 5 heteroatoms. The number of nitrogens with two attached hydrogens (primary N) is 1. The van der Waals surface area contributed by atoms with Gasteiger partial charge in [0.1, 0.15) is 11.8 Å². The monoisotopic (exact) mass is 167 g/mol. The largest absolute Gasteiger partial charge is 0.462 e. The predicted molar refractivity (Wildman–Crippen MR) is 43.2 cm³/mol. The minimum Gasteiger partial charge on any atom is -0.462 e. The summed E-state index contributed by atoms with van der Waals surface area (Å²) in [6.45, 7) is 0. The van der Waals surface area contributed by atoms with Gasteiger partial charge in [-0.1, -0.05) is 0 Å². The van der Waals surface area contributed by atoms with Crippen molar-refractivity contribution in [3.8, 4) is 0 Å². The molecule has 2 aromatic rings. The molecule has 2 heterocycles. The molecule has 2 rings (SSSR count). The summed E-state index contributed by atoms with van der Waals surface area (Å²) < 4.78 is 17.1. The molecule has 0 atom stereocenters. The van der Waals surface area contributed by atoms with E-state index in [-0.39, 0.29) is 5.82 Å². The summed E-state index contributed by atoms with van der Waals surface area (Å²) in [5.74, 6) is 0.0822. The second-order valence-electron chi connectivity index (χ2n) is 2.32. The van der Waals surface area contributed by atoms with Gasteiger partial charge < -0.3 is 10.2 Å². The second-order valence-corrected chi connectivity index (χ2v) is 2.32. The molecular weight excluding hydrogens is 161 g/mol. The number of pyridine rings is 1. The lowest BCUT2D eigenvalue weighted by Crippen LogP contribution is -1.89. The van der Waals surface area contributed by atoms with Crippen LogP contribution in [-0.2, 0) is 0 Å². The highest BCUT2D eigenvalue weighted by Crippen LogP contribution is 2.28. The number of furan rings is 1. The average molecular weight is 167 g/mol. The van der Waals surface area contributed by atoms with Crippen molar-refractivity contribution in [3.05, 3.63) is 18.5 Å². The fraction of sp³-hybridized carbons (Fsp3) is 0. The highest BCUT2D eigenvalue weighted by atomic mass is 19.2. The fourth-order valence-electron chi connectivity index (χ4n) is 1.08. The quantitative estimate of drug-likeness (QED) is 0.634. The Morgan fingerprint density at radius 3 is 3.17 bits per heavy atom. The summed E-state index contributed by atoms with van der Waals surface area (Å²) in [7, 11) is 0. The van der Waals surface area contributed by atoms with Crippen LogP contribution in [0, 0.1) is 0 Å². The van der Waals surface area contributed by atoms with E-state index in [1.807, 2.05) is 0 Å². The molecule has 62 valence electrons. The standard InChI is InChI=1S/C7H6FN3O/c8-11-7-6-4(9)3-12-5(6)1-2-10-7/h1-3H,9H2,(H,10,11). The van der Waals surface area contributed by atoms with Gasteiger partial charge in [-0.05, 0) is 6.07 Å². The van der Waals surface area contributed by atoms with E-state index >= 15 is 0 Å². The Hall–Kier alpha value is -1.78. The lowest BCUT2D eigenvalue weighted by Gasteiger charge is -1.96. The number of hydrogen-bond acceptors (Lipinski definition) is 4. The Kier molecular flexibility index (Phi) is 1.36. The zero-order valence-corrected chi connectivity index (χ0v) is 6.04. The molecule has 0 spiro atoms. The Labute approximate surface area is 67.1 Å². The number of aromatic nitrogens is 1. The van der Waals surface area contributed by atoms with Crippen molar-refractivity contribution >= 4 is 22.5 Å². The third-order valence-corrected chi connectivity index (χ3v) is 1.60. The SMILES string of the molecule is Nc1coc2ccnc(NF)c12. The van der Waals surface area contributed by atoms with Gasteiger partial charge in [0, 0.05) is 6.20 Å². The van der Waals surface area contributed by atoms with Crippen LogP contribution in [-0.4, -0.2) is 4.98 Å². The van der Waals surface area contributed by atoms with Crippen LogP contribution in [0.25, 0.3) is 11.0 Å². The Morgan fingerprint density at radius 1 is 1.58 bits per heavy atom. The van der Waals surface area contributed by atoms with E-state index < -0.39 is 0 Å². The first-order valence-electron chi connectivity index (χ1n) is 3.31. The lowest BCUT2D eigenvalue weighted by molar-refractivity contribution is 0.609. The molecular formula is C7H6FN3O. The summed E-state index contributed by atoms with van der Waals surface area (Å²) in [5.41, 5.74) is 7.85.